The largest absolute Gasteiger partial charge is 1.00 e. The van der Waals surface area contributed by atoms with Crippen LogP contribution in [0.2, 0.25) is 0 Å². The van der Waals surface area contributed by atoms with Crippen molar-refractivity contribution < 1.29 is 67.8 Å². The van der Waals surface area contributed by atoms with Gasteiger partial charge in [-0.15, -0.1) is 0 Å². The Bertz CT molecular complexity index is 467. The summed E-state index contributed by atoms with van der Waals surface area (Å²) in [5.74, 6) is 0. The second-order valence-corrected chi connectivity index (χ2v) is 8.75. The van der Waals surface area contributed by atoms with E-state index in [0.29, 0.717) is 6.61 Å². The molecular weight excluding hydrogens is 398 g/mol. The van der Waals surface area contributed by atoms with Gasteiger partial charge in [0.1, 0.15) is 24.4 Å². The van der Waals surface area contributed by atoms with Crippen LogP contribution in [0, 0.1) is 0 Å². The minimum Gasteiger partial charge on any atom is -0.756 e. The van der Waals surface area contributed by atoms with Gasteiger partial charge in [-0.3, -0.25) is 4.57 Å². The molecule has 8 nitrogen and oxygen atoms in total. The molecule has 10 heteroatoms. The summed E-state index contributed by atoms with van der Waals surface area (Å²) in [5.41, 5.74) is 0. The fourth-order valence-corrected chi connectivity index (χ4v) is 4.39. The van der Waals surface area contributed by atoms with Crippen molar-refractivity contribution >= 4 is 7.82 Å². The summed E-state index contributed by atoms with van der Waals surface area (Å²) in [4.78, 5) is 11.3. The molecule has 0 aromatic heterocycles. The minimum atomic E-state index is -4.45. The monoisotopic (exact) mass is 432 g/mol. The van der Waals surface area contributed by atoms with E-state index < -0.39 is 38.5 Å². The zero-order valence-corrected chi connectivity index (χ0v) is 20.1. The Kier molecular flexibility index (Phi) is 13.6. The quantitative estimate of drug-likeness (QED) is 0.235. The number of phosphoric ester groups is 1. The standard InChI is InChI=1S/C18H35O8P.Na/c1-2-3-4-5-6-7-8-9-10-11-12-23-18-16(20)15(19)17-14(25-18)13-24-27(21,22)26-17;/h14-20H,2-13H2,1H3,(H,21,22);/q;+1/p-1/t14-,15-,16-,17-,18-;/m1./s1. The van der Waals surface area contributed by atoms with Gasteiger partial charge in [-0.2, -0.15) is 0 Å². The first-order valence-electron chi connectivity index (χ1n) is 10.2. The van der Waals surface area contributed by atoms with Crippen molar-refractivity contribution in [2.75, 3.05) is 13.2 Å². The van der Waals surface area contributed by atoms with E-state index in [4.69, 9.17) is 14.0 Å². The summed E-state index contributed by atoms with van der Waals surface area (Å²) < 4.78 is 31.7. The van der Waals surface area contributed by atoms with Gasteiger partial charge in [-0.05, 0) is 6.42 Å². The van der Waals surface area contributed by atoms with E-state index >= 15 is 0 Å². The summed E-state index contributed by atoms with van der Waals surface area (Å²) in [6.07, 6.45) is 6.34. The smallest absolute Gasteiger partial charge is 0.756 e. The van der Waals surface area contributed by atoms with E-state index in [1.165, 1.54) is 44.9 Å². The zero-order chi connectivity index (χ0) is 19.7. The molecular formula is C18H34NaO8P. The fraction of sp³-hybridized carbons (Fsp3) is 1.00. The van der Waals surface area contributed by atoms with Crippen molar-refractivity contribution in [3.63, 3.8) is 0 Å². The summed E-state index contributed by atoms with van der Waals surface area (Å²) >= 11 is 0. The predicted molar refractivity (Wildman–Crippen MR) is 96.9 cm³/mol. The van der Waals surface area contributed by atoms with Crippen LogP contribution in [0.25, 0.3) is 0 Å². The molecule has 2 heterocycles. The van der Waals surface area contributed by atoms with Crippen molar-refractivity contribution in [1.82, 2.24) is 0 Å². The first-order chi connectivity index (χ1) is 12.9. The molecule has 0 aromatic carbocycles. The molecule has 6 atom stereocenters. The van der Waals surface area contributed by atoms with E-state index in [2.05, 4.69) is 11.4 Å². The summed E-state index contributed by atoms with van der Waals surface area (Å²) in [6, 6.07) is 0. The number of ether oxygens (including phenoxy) is 2. The summed E-state index contributed by atoms with van der Waals surface area (Å²) in [7, 11) is -4.45. The Morgan fingerprint density at radius 3 is 2.18 bits per heavy atom. The maximum absolute atomic E-state index is 11.3. The molecule has 0 saturated carbocycles. The molecule has 2 fully saturated rings. The van der Waals surface area contributed by atoms with E-state index in [0.717, 1.165) is 19.3 Å². The van der Waals surface area contributed by atoms with Crippen molar-refractivity contribution in [3.05, 3.63) is 0 Å². The van der Waals surface area contributed by atoms with Gasteiger partial charge in [-0.1, -0.05) is 64.7 Å². The van der Waals surface area contributed by atoms with Crippen LogP contribution < -0.4 is 34.5 Å². The second kappa shape index (κ2) is 14.1. The number of hydrogen-bond donors (Lipinski definition) is 2. The van der Waals surface area contributed by atoms with Gasteiger partial charge in [0.15, 0.2) is 6.29 Å². The summed E-state index contributed by atoms with van der Waals surface area (Å²) in [6.45, 7) is 2.37. The Labute approximate surface area is 190 Å². The third-order valence-corrected chi connectivity index (χ3v) is 6.04. The number of hydrogen-bond acceptors (Lipinski definition) is 8. The van der Waals surface area contributed by atoms with Crippen LogP contribution in [0.3, 0.4) is 0 Å². The van der Waals surface area contributed by atoms with Gasteiger partial charge in [0.2, 0.25) is 0 Å². The molecule has 2 aliphatic rings. The van der Waals surface area contributed by atoms with Gasteiger partial charge < -0.3 is 33.6 Å². The van der Waals surface area contributed by atoms with Crippen molar-refractivity contribution in [2.24, 2.45) is 0 Å². The van der Waals surface area contributed by atoms with E-state index in [1.807, 2.05) is 0 Å². The first-order valence-corrected chi connectivity index (χ1v) is 11.7. The third kappa shape index (κ3) is 8.98. The molecule has 1 unspecified atom stereocenters. The number of aliphatic hydroxyl groups excluding tert-OH is 2. The molecule has 160 valence electrons. The van der Waals surface area contributed by atoms with E-state index in [1.54, 1.807) is 0 Å². The van der Waals surface area contributed by atoms with Crippen LogP contribution >= 0.6 is 7.82 Å². The average Bonchev–Trinajstić information content (AvgIpc) is 2.64. The van der Waals surface area contributed by atoms with Gasteiger partial charge in [0, 0.05) is 6.61 Å². The molecule has 0 bridgehead atoms. The molecule has 2 aliphatic heterocycles. The Balaban J connectivity index is 0.00000392. The fourth-order valence-electron chi connectivity index (χ4n) is 3.44. The zero-order valence-electron chi connectivity index (χ0n) is 17.2. The van der Waals surface area contributed by atoms with Crippen LogP contribution in [0.15, 0.2) is 0 Å². The van der Waals surface area contributed by atoms with Crippen molar-refractivity contribution in [3.8, 4) is 0 Å². The molecule has 0 spiro atoms. The van der Waals surface area contributed by atoms with Crippen LogP contribution in [-0.4, -0.2) is 54.1 Å². The molecule has 0 radical (unpaired) electrons. The molecule has 28 heavy (non-hydrogen) atoms. The van der Waals surface area contributed by atoms with Crippen LogP contribution in [-0.2, 0) is 23.1 Å². The molecule has 2 saturated heterocycles. The molecule has 2 rings (SSSR count). The number of phosphoric acid groups is 1. The number of unbranched alkanes of at least 4 members (excludes halogenated alkanes) is 9. The number of fused-ring (bicyclic) bond motifs is 1. The average molecular weight is 432 g/mol. The molecule has 2 N–H and O–H groups in total. The second-order valence-electron chi connectivity index (χ2n) is 7.39. The van der Waals surface area contributed by atoms with Crippen LogP contribution in [0.1, 0.15) is 71.1 Å². The maximum atomic E-state index is 11.3. The van der Waals surface area contributed by atoms with Gasteiger partial charge in [-0.25, -0.2) is 0 Å². The molecule has 0 aromatic rings. The Hall–Kier alpha value is 0.950. The minimum absolute atomic E-state index is 0. The SMILES string of the molecule is CCCCCCCCCCCCO[C@@H]1O[C@@H]2COP(=O)([O-])O[C@H]2[C@H](O)[C@H]1O.[Na+]. The van der Waals surface area contributed by atoms with E-state index in [9.17, 15) is 19.7 Å². The van der Waals surface area contributed by atoms with Crippen molar-refractivity contribution in [2.45, 2.75) is 102 Å². The Morgan fingerprint density at radius 1 is 1.00 bits per heavy atom. The number of aliphatic hydroxyl groups is 2. The predicted octanol–water partition coefficient (Wildman–Crippen LogP) is -0.742. The van der Waals surface area contributed by atoms with E-state index in [-0.39, 0.29) is 36.2 Å². The Morgan fingerprint density at radius 2 is 1.57 bits per heavy atom. The molecule has 0 aliphatic carbocycles. The van der Waals surface area contributed by atoms with Crippen LogP contribution in [0.4, 0.5) is 0 Å². The van der Waals surface area contributed by atoms with Gasteiger partial charge in [0.05, 0.1) is 6.61 Å². The topological polar surface area (TPSA) is 118 Å². The third-order valence-electron chi connectivity index (χ3n) is 5.07. The van der Waals surface area contributed by atoms with Gasteiger partial charge in [0.25, 0.3) is 7.82 Å². The first kappa shape index (κ1) is 27.0. The normalized spacial score (nSPS) is 35.2. The maximum Gasteiger partial charge on any atom is 1.00 e. The van der Waals surface area contributed by atoms with Crippen LogP contribution in [0.5, 0.6) is 0 Å². The summed E-state index contributed by atoms with van der Waals surface area (Å²) in [5, 5.41) is 20.2. The molecule has 0 amide bonds. The number of rotatable bonds is 12. The van der Waals surface area contributed by atoms with Gasteiger partial charge >= 0.3 is 29.6 Å². The van der Waals surface area contributed by atoms with Crippen molar-refractivity contribution in [1.29, 1.82) is 0 Å².